The van der Waals surface area contributed by atoms with Gasteiger partial charge in [-0.1, -0.05) is 50.2 Å². The van der Waals surface area contributed by atoms with Gasteiger partial charge in [-0.15, -0.1) is 0 Å². The molecule has 1 amide bonds. The number of ether oxygens (including phenoxy) is 1. The summed E-state index contributed by atoms with van der Waals surface area (Å²) >= 11 is 0. The monoisotopic (exact) mass is 417 g/mol. The molecular weight excluding hydrogens is 394 g/mol. The van der Waals surface area contributed by atoms with Crippen molar-refractivity contribution in [2.45, 2.75) is 26.3 Å². The zero-order valence-corrected chi connectivity index (χ0v) is 17.5. The van der Waals surface area contributed by atoms with E-state index in [0.29, 0.717) is 17.4 Å². The number of aromatic nitrogens is 4. The van der Waals surface area contributed by atoms with Gasteiger partial charge in [-0.25, -0.2) is 14.8 Å². The molecule has 2 heterocycles. The molecule has 0 spiro atoms. The minimum absolute atomic E-state index is 0.0153. The van der Waals surface area contributed by atoms with Gasteiger partial charge in [-0.05, 0) is 29.2 Å². The fourth-order valence-corrected chi connectivity index (χ4v) is 3.41. The molecule has 2 aromatic heterocycles. The van der Waals surface area contributed by atoms with Gasteiger partial charge in [0.15, 0.2) is 17.2 Å². The third-order valence-electron chi connectivity index (χ3n) is 5.19. The van der Waals surface area contributed by atoms with Crippen molar-refractivity contribution in [3.63, 3.8) is 0 Å². The van der Waals surface area contributed by atoms with Crippen LogP contribution in [0.3, 0.4) is 0 Å². The maximum absolute atomic E-state index is 12.7. The Labute approximate surface area is 178 Å². The third kappa shape index (κ3) is 3.92. The first-order valence-corrected chi connectivity index (χ1v) is 9.91. The van der Waals surface area contributed by atoms with E-state index in [4.69, 9.17) is 10.5 Å². The Balaban J connectivity index is 1.84. The van der Waals surface area contributed by atoms with E-state index >= 15 is 0 Å². The Morgan fingerprint density at radius 2 is 1.77 bits per heavy atom. The molecule has 0 saturated heterocycles. The molecule has 4 rings (SSSR count). The number of aromatic amines is 1. The molecule has 0 aliphatic carbocycles. The summed E-state index contributed by atoms with van der Waals surface area (Å²) < 4.78 is 6.65. The Morgan fingerprint density at radius 1 is 1.10 bits per heavy atom. The average Bonchev–Trinajstić information content (AvgIpc) is 3.08. The first kappa shape index (κ1) is 20.3. The molecule has 0 aliphatic rings. The van der Waals surface area contributed by atoms with Gasteiger partial charge in [0.25, 0.3) is 5.91 Å². The van der Waals surface area contributed by atoms with Crippen molar-refractivity contribution in [1.29, 1.82) is 0 Å². The molecule has 0 bridgehead atoms. The van der Waals surface area contributed by atoms with Gasteiger partial charge in [0.05, 0.1) is 13.7 Å². The summed E-state index contributed by atoms with van der Waals surface area (Å²) in [6.45, 7) is 4.49. The standard InChI is InChI=1S/C23H23N5O3/c1-13(2)15-6-8-16(9-7-15)21-25-18(20(24)29)19-22(27-21)28(23(30)26-19)12-14-4-10-17(31-3)11-5-14/h4-11,13H,12H2,1-3H3,(H2,24,29)(H,26,30). The Kier molecular flexibility index (Phi) is 5.29. The largest absolute Gasteiger partial charge is 0.497 e. The van der Waals surface area contributed by atoms with Crippen LogP contribution in [0.4, 0.5) is 0 Å². The molecule has 8 nitrogen and oxygen atoms in total. The average molecular weight is 417 g/mol. The molecule has 0 aliphatic heterocycles. The first-order chi connectivity index (χ1) is 14.9. The highest BCUT2D eigenvalue weighted by atomic mass is 16.5. The molecule has 4 aromatic rings. The fraction of sp³-hybridized carbons (Fsp3) is 0.217. The number of benzene rings is 2. The molecule has 3 N–H and O–H groups in total. The Hall–Kier alpha value is -3.94. The van der Waals surface area contributed by atoms with E-state index in [2.05, 4.69) is 28.8 Å². The molecule has 0 unspecified atom stereocenters. The second-order valence-corrected chi connectivity index (χ2v) is 7.60. The van der Waals surface area contributed by atoms with Crippen LogP contribution in [-0.4, -0.2) is 32.5 Å². The number of hydrogen-bond donors (Lipinski definition) is 2. The van der Waals surface area contributed by atoms with Crippen molar-refractivity contribution < 1.29 is 9.53 Å². The van der Waals surface area contributed by atoms with Gasteiger partial charge in [-0.3, -0.25) is 9.36 Å². The lowest BCUT2D eigenvalue weighted by atomic mass is 10.0. The number of methoxy groups -OCH3 is 1. The van der Waals surface area contributed by atoms with Gasteiger partial charge in [-0.2, -0.15) is 0 Å². The summed E-state index contributed by atoms with van der Waals surface area (Å²) in [5, 5.41) is 0. The topological polar surface area (TPSA) is 116 Å². The van der Waals surface area contributed by atoms with E-state index in [1.165, 1.54) is 10.1 Å². The fourth-order valence-electron chi connectivity index (χ4n) is 3.41. The number of carbonyl (C=O) groups excluding carboxylic acids is 1. The summed E-state index contributed by atoms with van der Waals surface area (Å²) in [4.78, 5) is 36.4. The van der Waals surface area contributed by atoms with E-state index in [1.807, 2.05) is 48.5 Å². The minimum atomic E-state index is -0.731. The molecule has 0 fully saturated rings. The number of primary amides is 1. The SMILES string of the molecule is COc1ccc(Cn2c(=O)[nH]c3c(C(N)=O)nc(-c4ccc(C(C)C)cc4)nc32)cc1. The maximum atomic E-state index is 12.7. The number of rotatable bonds is 6. The van der Waals surface area contributed by atoms with E-state index in [9.17, 15) is 9.59 Å². The second kappa shape index (κ2) is 8.06. The lowest BCUT2D eigenvalue weighted by molar-refractivity contribution is 0.0997. The number of fused-ring (bicyclic) bond motifs is 1. The predicted molar refractivity (Wildman–Crippen MR) is 118 cm³/mol. The lowest BCUT2D eigenvalue weighted by Gasteiger charge is -2.09. The van der Waals surface area contributed by atoms with Gasteiger partial charge in [0.2, 0.25) is 0 Å². The van der Waals surface area contributed by atoms with Crippen molar-refractivity contribution in [2.24, 2.45) is 5.73 Å². The molecule has 0 atom stereocenters. The smallest absolute Gasteiger partial charge is 0.328 e. The number of nitrogens with two attached hydrogens (primary N) is 1. The Morgan fingerprint density at radius 3 is 2.35 bits per heavy atom. The number of imidazole rings is 1. The van der Waals surface area contributed by atoms with Crippen LogP contribution in [0.25, 0.3) is 22.6 Å². The molecule has 31 heavy (non-hydrogen) atoms. The van der Waals surface area contributed by atoms with Crippen LogP contribution in [0.2, 0.25) is 0 Å². The molecular formula is C23H23N5O3. The molecule has 0 radical (unpaired) electrons. The van der Waals surface area contributed by atoms with Gasteiger partial charge in [0.1, 0.15) is 11.3 Å². The van der Waals surface area contributed by atoms with E-state index < -0.39 is 11.6 Å². The van der Waals surface area contributed by atoms with Crippen LogP contribution < -0.4 is 16.2 Å². The van der Waals surface area contributed by atoms with Crippen molar-refractivity contribution in [1.82, 2.24) is 19.5 Å². The molecule has 8 heteroatoms. The predicted octanol–water partition coefficient (Wildman–Crippen LogP) is 3.07. The summed E-state index contributed by atoms with van der Waals surface area (Å²) in [6.07, 6.45) is 0. The number of carbonyl (C=O) groups is 1. The zero-order chi connectivity index (χ0) is 22.1. The van der Waals surface area contributed by atoms with Crippen molar-refractivity contribution in [3.05, 3.63) is 75.8 Å². The van der Waals surface area contributed by atoms with Gasteiger partial charge in [0, 0.05) is 5.56 Å². The van der Waals surface area contributed by atoms with Crippen LogP contribution in [0.1, 0.15) is 41.4 Å². The minimum Gasteiger partial charge on any atom is -0.497 e. The first-order valence-electron chi connectivity index (χ1n) is 9.91. The number of nitrogens with zero attached hydrogens (tertiary/aromatic N) is 3. The van der Waals surface area contributed by atoms with Crippen molar-refractivity contribution in [3.8, 4) is 17.1 Å². The highest BCUT2D eigenvalue weighted by Crippen LogP contribution is 2.23. The summed E-state index contributed by atoms with van der Waals surface area (Å²) in [6, 6.07) is 15.2. The van der Waals surface area contributed by atoms with Gasteiger partial charge >= 0.3 is 5.69 Å². The van der Waals surface area contributed by atoms with Crippen LogP contribution in [-0.2, 0) is 6.54 Å². The third-order valence-corrected chi connectivity index (χ3v) is 5.19. The van der Waals surface area contributed by atoms with Gasteiger partial charge < -0.3 is 15.5 Å². The van der Waals surface area contributed by atoms with Crippen LogP contribution in [0.5, 0.6) is 5.75 Å². The van der Waals surface area contributed by atoms with Crippen LogP contribution in [0.15, 0.2) is 53.3 Å². The highest BCUT2D eigenvalue weighted by molar-refractivity contribution is 6.01. The molecule has 0 saturated carbocycles. The number of nitrogens with one attached hydrogen (secondary N) is 1. The summed E-state index contributed by atoms with van der Waals surface area (Å²) in [5.41, 5.74) is 8.50. The lowest BCUT2D eigenvalue weighted by Crippen LogP contribution is -2.17. The normalized spacial score (nSPS) is 11.2. The van der Waals surface area contributed by atoms with Crippen LogP contribution in [0, 0.1) is 0 Å². The quantitative estimate of drug-likeness (QED) is 0.500. The van der Waals surface area contributed by atoms with Crippen molar-refractivity contribution >= 4 is 17.1 Å². The van der Waals surface area contributed by atoms with E-state index in [-0.39, 0.29) is 17.8 Å². The number of H-pyrrole nitrogens is 1. The highest BCUT2D eigenvalue weighted by Gasteiger charge is 2.19. The van der Waals surface area contributed by atoms with E-state index in [1.54, 1.807) is 7.11 Å². The summed E-state index contributed by atoms with van der Waals surface area (Å²) in [7, 11) is 1.59. The zero-order valence-electron chi connectivity index (χ0n) is 17.5. The number of hydrogen-bond acceptors (Lipinski definition) is 5. The second-order valence-electron chi connectivity index (χ2n) is 7.60. The molecule has 2 aromatic carbocycles. The van der Waals surface area contributed by atoms with E-state index in [0.717, 1.165) is 16.9 Å². The van der Waals surface area contributed by atoms with Crippen molar-refractivity contribution in [2.75, 3.05) is 7.11 Å². The maximum Gasteiger partial charge on any atom is 0.328 e. The number of amides is 1. The summed E-state index contributed by atoms with van der Waals surface area (Å²) in [5.74, 6) is 0.711. The van der Waals surface area contributed by atoms with Crippen LogP contribution >= 0.6 is 0 Å². The molecule has 158 valence electrons. The Bertz CT molecular complexity index is 1300.